The smallest absolute Gasteiger partial charge is 0.172 e. The van der Waals surface area contributed by atoms with Gasteiger partial charge in [0, 0.05) is 44.3 Å². The van der Waals surface area contributed by atoms with Gasteiger partial charge in [-0.15, -0.1) is 0 Å². The van der Waals surface area contributed by atoms with E-state index < -0.39 is 23.3 Å². The van der Waals surface area contributed by atoms with E-state index in [1.807, 2.05) is 13.8 Å². The van der Waals surface area contributed by atoms with Crippen LogP contribution in [0.1, 0.15) is 45.1 Å². The number of pyridine rings is 1. The average molecular weight is 487 g/mol. The van der Waals surface area contributed by atoms with Crippen molar-refractivity contribution in [3.05, 3.63) is 53.4 Å². The maximum Gasteiger partial charge on any atom is 0.172 e. The van der Waals surface area contributed by atoms with Crippen LogP contribution in [-0.4, -0.2) is 67.9 Å². The monoisotopic (exact) mass is 486 g/mol. The zero-order valence-corrected chi connectivity index (χ0v) is 20.5. The van der Waals surface area contributed by atoms with Crippen LogP contribution in [0.15, 0.2) is 30.5 Å². The minimum atomic E-state index is -1.35. The molecular formula is C25H32F2N6O2. The van der Waals surface area contributed by atoms with E-state index in [1.54, 1.807) is 12.3 Å². The third-order valence-electron chi connectivity index (χ3n) is 6.00. The summed E-state index contributed by atoms with van der Waals surface area (Å²) in [6.45, 7) is 9.97. The number of fused-ring (bicyclic) bond motifs is 1. The summed E-state index contributed by atoms with van der Waals surface area (Å²) in [7, 11) is 0. The number of anilines is 2. The number of benzene rings is 1. The average Bonchev–Trinajstić information content (AvgIpc) is 2.80. The van der Waals surface area contributed by atoms with Gasteiger partial charge in [-0.3, -0.25) is 9.88 Å². The van der Waals surface area contributed by atoms with Crippen LogP contribution in [0.3, 0.4) is 0 Å². The minimum absolute atomic E-state index is 0.127. The number of aliphatic hydroxyl groups is 2. The highest BCUT2D eigenvalue weighted by Crippen LogP contribution is 2.30. The van der Waals surface area contributed by atoms with Gasteiger partial charge >= 0.3 is 0 Å². The van der Waals surface area contributed by atoms with Gasteiger partial charge in [-0.05, 0) is 52.0 Å². The van der Waals surface area contributed by atoms with Crippen molar-refractivity contribution >= 4 is 22.7 Å². The number of hydrogen-bond acceptors (Lipinski definition) is 8. The van der Waals surface area contributed by atoms with Crippen molar-refractivity contribution < 1.29 is 19.0 Å². The van der Waals surface area contributed by atoms with E-state index in [2.05, 4.69) is 20.1 Å². The highest BCUT2D eigenvalue weighted by Gasteiger charge is 2.28. The molecule has 1 aromatic carbocycles. The zero-order valence-electron chi connectivity index (χ0n) is 20.5. The van der Waals surface area contributed by atoms with Gasteiger partial charge in [0.15, 0.2) is 11.6 Å². The summed E-state index contributed by atoms with van der Waals surface area (Å²) >= 11 is 0. The summed E-state index contributed by atoms with van der Waals surface area (Å²) < 4.78 is 27.6. The number of hydrogen-bond donors (Lipinski definition) is 3. The first-order valence-corrected chi connectivity index (χ1v) is 11.8. The van der Waals surface area contributed by atoms with E-state index in [0.29, 0.717) is 66.7 Å². The van der Waals surface area contributed by atoms with E-state index >= 15 is 0 Å². The molecule has 3 aromatic rings. The molecule has 4 rings (SSSR count). The van der Waals surface area contributed by atoms with Gasteiger partial charge in [0.25, 0.3) is 0 Å². The number of rotatable bonds is 7. The molecule has 35 heavy (non-hydrogen) atoms. The standard InChI is InChI=1S/C25H32F2N6O2/c1-15(2)29-23-24(31-19-12-20(22(34)25(3,4)35)28-13-21(19)30-23)33-9-7-32(8-10-33)14-16-11-17(26)5-6-18(16)27/h5-6,11-13,15,22,34-35H,7-10,14H2,1-4H3,(H,29,30). The lowest BCUT2D eigenvalue weighted by atomic mass is 9.98. The molecule has 10 heteroatoms. The Hall–Kier alpha value is -2.95. The number of nitrogens with one attached hydrogen (secondary N) is 1. The van der Waals surface area contributed by atoms with Crippen LogP contribution in [0.25, 0.3) is 11.0 Å². The van der Waals surface area contributed by atoms with Crippen molar-refractivity contribution in [1.29, 1.82) is 0 Å². The van der Waals surface area contributed by atoms with Crippen molar-refractivity contribution in [2.45, 2.75) is 52.0 Å². The normalized spacial score (nSPS) is 16.2. The Balaban J connectivity index is 1.58. The predicted octanol–water partition coefficient (Wildman–Crippen LogP) is 3.25. The fourth-order valence-electron chi connectivity index (χ4n) is 4.09. The summed E-state index contributed by atoms with van der Waals surface area (Å²) in [4.78, 5) is 18.1. The molecule has 0 spiro atoms. The second-order valence-electron chi connectivity index (χ2n) is 9.85. The Kier molecular flexibility index (Phi) is 7.16. The molecule has 3 heterocycles. The van der Waals surface area contributed by atoms with Crippen molar-refractivity contribution in [3.63, 3.8) is 0 Å². The van der Waals surface area contributed by atoms with Crippen molar-refractivity contribution in [2.75, 3.05) is 36.4 Å². The van der Waals surface area contributed by atoms with E-state index in [0.717, 1.165) is 12.1 Å². The van der Waals surface area contributed by atoms with Crippen molar-refractivity contribution in [2.24, 2.45) is 0 Å². The van der Waals surface area contributed by atoms with Crippen molar-refractivity contribution in [3.8, 4) is 0 Å². The number of nitrogens with zero attached hydrogens (tertiary/aromatic N) is 5. The molecule has 0 saturated carbocycles. The lowest BCUT2D eigenvalue weighted by molar-refractivity contribution is -0.0516. The first-order valence-electron chi connectivity index (χ1n) is 11.8. The summed E-state index contributed by atoms with van der Waals surface area (Å²) in [5.74, 6) is 0.460. The first-order chi connectivity index (χ1) is 16.5. The van der Waals surface area contributed by atoms with Gasteiger partial charge < -0.3 is 20.4 Å². The number of aliphatic hydroxyl groups excluding tert-OH is 1. The molecule has 0 bridgehead atoms. The number of aromatic nitrogens is 3. The quantitative estimate of drug-likeness (QED) is 0.468. The Morgan fingerprint density at radius 3 is 2.43 bits per heavy atom. The van der Waals surface area contributed by atoms with Crippen LogP contribution < -0.4 is 10.2 Å². The topological polar surface area (TPSA) is 97.6 Å². The fraction of sp³-hybridized carbons (Fsp3) is 0.480. The van der Waals surface area contributed by atoms with Crippen LogP contribution in [0, 0.1) is 11.6 Å². The molecular weight excluding hydrogens is 454 g/mol. The summed E-state index contributed by atoms with van der Waals surface area (Å²) in [6.07, 6.45) is 0.380. The van der Waals surface area contributed by atoms with Crippen LogP contribution in [-0.2, 0) is 6.54 Å². The highest BCUT2D eigenvalue weighted by molar-refractivity contribution is 5.80. The number of piperazine rings is 1. The Morgan fingerprint density at radius 1 is 1.06 bits per heavy atom. The van der Waals surface area contributed by atoms with Gasteiger partial charge in [0.05, 0.1) is 23.0 Å². The molecule has 1 fully saturated rings. The fourth-order valence-corrected chi connectivity index (χ4v) is 4.09. The first kappa shape index (κ1) is 25.2. The van der Waals surface area contributed by atoms with E-state index in [9.17, 15) is 19.0 Å². The van der Waals surface area contributed by atoms with Gasteiger partial charge in [-0.2, -0.15) is 0 Å². The highest BCUT2D eigenvalue weighted by atomic mass is 19.1. The molecule has 188 valence electrons. The molecule has 1 atom stereocenters. The molecule has 0 aliphatic carbocycles. The van der Waals surface area contributed by atoms with Gasteiger partial charge in [0.1, 0.15) is 23.3 Å². The van der Waals surface area contributed by atoms with Crippen LogP contribution in [0.5, 0.6) is 0 Å². The molecule has 2 aromatic heterocycles. The summed E-state index contributed by atoms with van der Waals surface area (Å²) in [6, 6.07) is 5.31. The van der Waals surface area contributed by atoms with Crippen LogP contribution in [0.4, 0.5) is 20.4 Å². The van der Waals surface area contributed by atoms with Gasteiger partial charge in [-0.25, -0.2) is 18.7 Å². The van der Waals surface area contributed by atoms with Crippen molar-refractivity contribution in [1.82, 2.24) is 19.9 Å². The Morgan fingerprint density at radius 2 is 1.77 bits per heavy atom. The molecule has 1 unspecified atom stereocenters. The molecule has 8 nitrogen and oxygen atoms in total. The molecule has 0 radical (unpaired) electrons. The maximum absolute atomic E-state index is 14.1. The minimum Gasteiger partial charge on any atom is -0.387 e. The Bertz CT molecular complexity index is 1190. The molecule has 1 saturated heterocycles. The molecule has 1 aliphatic heterocycles. The maximum atomic E-state index is 14.1. The van der Waals surface area contributed by atoms with E-state index in [4.69, 9.17) is 9.97 Å². The van der Waals surface area contributed by atoms with Crippen LogP contribution >= 0.6 is 0 Å². The largest absolute Gasteiger partial charge is 0.387 e. The second kappa shape index (κ2) is 9.96. The van der Waals surface area contributed by atoms with E-state index in [-0.39, 0.29) is 6.04 Å². The van der Waals surface area contributed by atoms with Gasteiger partial charge in [0.2, 0.25) is 0 Å². The third kappa shape index (κ3) is 5.83. The molecule has 1 aliphatic rings. The summed E-state index contributed by atoms with van der Waals surface area (Å²) in [5.41, 5.74) is 0.442. The Labute approximate surface area is 203 Å². The predicted molar refractivity (Wildman–Crippen MR) is 131 cm³/mol. The second-order valence-corrected chi connectivity index (χ2v) is 9.85. The van der Waals surface area contributed by atoms with E-state index in [1.165, 1.54) is 19.9 Å². The lowest BCUT2D eigenvalue weighted by Crippen LogP contribution is -2.46. The molecule has 3 N–H and O–H groups in total. The zero-order chi connectivity index (χ0) is 25.3. The van der Waals surface area contributed by atoms with Crippen LogP contribution in [0.2, 0.25) is 0 Å². The molecule has 0 amide bonds. The summed E-state index contributed by atoms with van der Waals surface area (Å²) in [5, 5.41) is 24.0. The lowest BCUT2D eigenvalue weighted by Gasteiger charge is -2.36. The number of halogens is 2. The third-order valence-corrected chi connectivity index (χ3v) is 6.00. The SMILES string of the molecule is CC(C)Nc1nc2cnc(C(O)C(C)(C)O)cc2nc1N1CCN(Cc2cc(F)ccc2F)CC1. The van der Waals surface area contributed by atoms with Gasteiger partial charge in [-0.1, -0.05) is 0 Å².